The van der Waals surface area contributed by atoms with Gasteiger partial charge in [-0.2, -0.15) is 0 Å². The van der Waals surface area contributed by atoms with Crippen molar-refractivity contribution in [2.45, 2.75) is 12.8 Å². The fourth-order valence-corrected chi connectivity index (χ4v) is 0.224. The summed E-state index contributed by atoms with van der Waals surface area (Å²) in [7, 11) is 0. The molecule has 48 valence electrons. The first-order chi connectivity index (χ1) is 3.91. The molecule has 0 aromatic carbocycles. The highest BCUT2D eigenvalue weighted by atomic mass is 16.3. The second kappa shape index (κ2) is 16.1. The summed E-state index contributed by atoms with van der Waals surface area (Å²) in [6.07, 6.45) is 9.44. The maximum atomic E-state index is 8.09. The van der Waals surface area contributed by atoms with Gasteiger partial charge in [0.25, 0.3) is 0 Å². The predicted octanol–water partition coefficient (Wildman–Crippen LogP) is 0.000600. The molecule has 8 heavy (non-hydrogen) atoms. The highest BCUT2D eigenvalue weighted by Crippen LogP contribution is 1.80. The number of unbranched alkanes of at least 4 members (excludes halogenated alkanes) is 1. The third-order valence-corrected chi connectivity index (χ3v) is 0.566. The molecule has 0 saturated heterocycles. The van der Waals surface area contributed by atoms with Crippen molar-refractivity contribution >= 4 is 0 Å². The molecule has 0 bridgehead atoms. The molecular formula is C6H12O2. The Labute approximate surface area is 50.2 Å². The number of hydrogen-bond donors (Lipinski definition) is 2. The molecule has 0 aromatic rings. The van der Waals surface area contributed by atoms with Gasteiger partial charge in [-0.3, -0.25) is 0 Å². The molecule has 0 unspecified atom stereocenters. The highest BCUT2D eigenvalue weighted by molar-refractivity contribution is 4.47. The Morgan fingerprint density at radius 1 is 0.875 bits per heavy atom. The lowest BCUT2D eigenvalue weighted by molar-refractivity contribution is 0.242. The monoisotopic (exact) mass is 116 g/mol. The minimum atomic E-state index is 0.195. The van der Waals surface area contributed by atoms with Crippen molar-refractivity contribution in [3.63, 3.8) is 0 Å². The zero-order chi connectivity index (χ0) is 6.83. The van der Waals surface area contributed by atoms with Gasteiger partial charge in [0.15, 0.2) is 0 Å². The van der Waals surface area contributed by atoms with E-state index in [0.717, 1.165) is 12.8 Å². The molecule has 0 aromatic heterocycles. The van der Waals surface area contributed by atoms with E-state index in [4.69, 9.17) is 10.2 Å². The molecule has 0 saturated carbocycles. The summed E-state index contributed by atoms with van der Waals surface area (Å²) in [5.74, 6) is 0. The van der Waals surface area contributed by atoms with Crippen LogP contribution < -0.4 is 0 Å². The summed E-state index contributed by atoms with van der Waals surface area (Å²) in [6, 6.07) is 0. The van der Waals surface area contributed by atoms with Crippen molar-refractivity contribution < 1.29 is 10.2 Å². The van der Waals surface area contributed by atoms with Crippen LogP contribution >= 0.6 is 0 Å². The Morgan fingerprint density at radius 2 is 1.12 bits per heavy atom. The SMILES string of the molecule is C#C.OCCCCO. The van der Waals surface area contributed by atoms with Crippen molar-refractivity contribution in [1.29, 1.82) is 0 Å². The Bertz CT molecular complexity index is 37.0. The average Bonchev–Trinajstić information content (AvgIpc) is 1.88. The predicted molar refractivity (Wildman–Crippen MR) is 33.3 cm³/mol. The number of terminal acetylenes is 1. The summed E-state index contributed by atoms with van der Waals surface area (Å²) in [4.78, 5) is 0. The van der Waals surface area contributed by atoms with Crippen LogP contribution in [0.1, 0.15) is 12.8 Å². The zero-order valence-corrected chi connectivity index (χ0v) is 4.88. The Hall–Kier alpha value is -0.520. The largest absolute Gasteiger partial charge is 0.396 e. The van der Waals surface area contributed by atoms with E-state index in [1.807, 2.05) is 0 Å². The van der Waals surface area contributed by atoms with Crippen LogP contribution in [-0.2, 0) is 0 Å². The number of hydrogen-bond acceptors (Lipinski definition) is 2. The lowest BCUT2D eigenvalue weighted by atomic mass is 10.3. The molecule has 0 aliphatic rings. The second-order valence-corrected chi connectivity index (χ2v) is 1.15. The van der Waals surface area contributed by atoms with Crippen molar-refractivity contribution in [2.75, 3.05) is 13.2 Å². The number of rotatable bonds is 3. The molecule has 0 spiro atoms. The van der Waals surface area contributed by atoms with E-state index in [0.29, 0.717) is 0 Å². The third kappa shape index (κ3) is 17.9. The first-order valence-corrected chi connectivity index (χ1v) is 2.47. The van der Waals surface area contributed by atoms with Gasteiger partial charge in [0.2, 0.25) is 0 Å². The van der Waals surface area contributed by atoms with Crippen molar-refractivity contribution in [2.24, 2.45) is 0 Å². The fraction of sp³-hybridized carbons (Fsp3) is 0.667. The minimum absolute atomic E-state index is 0.195. The van der Waals surface area contributed by atoms with Crippen LogP contribution in [-0.4, -0.2) is 23.4 Å². The Kier molecular flexibility index (Phi) is 21.0. The fourth-order valence-electron chi connectivity index (χ4n) is 0.224. The first kappa shape index (κ1) is 10.5. The Balaban J connectivity index is 0. The van der Waals surface area contributed by atoms with E-state index in [9.17, 15) is 0 Å². The summed E-state index contributed by atoms with van der Waals surface area (Å²) in [5, 5.41) is 16.2. The van der Waals surface area contributed by atoms with E-state index < -0.39 is 0 Å². The lowest BCUT2D eigenvalue weighted by Crippen LogP contribution is -1.85. The molecule has 0 fully saturated rings. The smallest absolute Gasteiger partial charge is 0.0431 e. The van der Waals surface area contributed by atoms with E-state index >= 15 is 0 Å². The van der Waals surface area contributed by atoms with Gasteiger partial charge in [-0.25, -0.2) is 0 Å². The van der Waals surface area contributed by atoms with Crippen LogP contribution in [0.3, 0.4) is 0 Å². The molecule has 2 heteroatoms. The Morgan fingerprint density at radius 3 is 1.25 bits per heavy atom. The standard InChI is InChI=1S/C4H10O2.C2H2/c5-3-1-2-4-6;1-2/h5-6H,1-4H2;1-2H. The van der Waals surface area contributed by atoms with E-state index in [2.05, 4.69) is 12.8 Å². The molecule has 2 nitrogen and oxygen atoms in total. The average molecular weight is 116 g/mol. The van der Waals surface area contributed by atoms with E-state index in [1.54, 1.807) is 0 Å². The van der Waals surface area contributed by atoms with Gasteiger partial charge < -0.3 is 10.2 Å². The molecule has 0 aliphatic carbocycles. The van der Waals surface area contributed by atoms with Crippen LogP contribution in [0, 0.1) is 12.8 Å². The second-order valence-electron chi connectivity index (χ2n) is 1.15. The molecule has 0 heterocycles. The maximum absolute atomic E-state index is 8.09. The molecule has 2 N–H and O–H groups in total. The van der Waals surface area contributed by atoms with Crippen molar-refractivity contribution in [3.8, 4) is 12.8 Å². The number of aliphatic hydroxyl groups excluding tert-OH is 2. The highest BCUT2D eigenvalue weighted by Gasteiger charge is 1.77. The minimum Gasteiger partial charge on any atom is -0.396 e. The third-order valence-electron chi connectivity index (χ3n) is 0.566. The molecule has 0 rings (SSSR count). The van der Waals surface area contributed by atoms with Crippen molar-refractivity contribution in [3.05, 3.63) is 0 Å². The van der Waals surface area contributed by atoms with Crippen LogP contribution in [0.4, 0.5) is 0 Å². The van der Waals surface area contributed by atoms with Gasteiger partial charge in [-0.05, 0) is 12.8 Å². The van der Waals surface area contributed by atoms with Crippen LogP contribution in [0.15, 0.2) is 0 Å². The molecule has 0 atom stereocenters. The van der Waals surface area contributed by atoms with Gasteiger partial charge in [0.1, 0.15) is 0 Å². The van der Waals surface area contributed by atoms with Crippen molar-refractivity contribution in [1.82, 2.24) is 0 Å². The van der Waals surface area contributed by atoms with E-state index in [-0.39, 0.29) is 13.2 Å². The van der Waals surface area contributed by atoms with E-state index in [1.165, 1.54) is 0 Å². The summed E-state index contributed by atoms with van der Waals surface area (Å²) in [6.45, 7) is 0.390. The summed E-state index contributed by atoms with van der Waals surface area (Å²) < 4.78 is 0. The van der Waals surface area contributed by atoms with Gasteiger partial charge in [0, 0.05) is 13.2 Å². The quantitative estimate of drug-likeness (QED) is 0.402. The van der Waals surface area contributed by atoms with Crippen LogP contribution in [0.5, 0.6) is 0 Å². The zero-order valence-electron chi connectivity index (χ0n) is 4.88. The van der Waals surface area contributed by atoms with Gasteiger partial charge in [-0.15, -0.1) is 12.8 Å². The lowest BCUT2D eigenvalue weighted by Gasteiger charge is -1.85. The summed E-state index contributed by atoms with van der Waals surface area (Å²) in [5.41, 5.74) is 0. The molecule has 0 radical (unpaired) electrons. The molecular weight excluding hydrogens is 104 g/mol. The van der Waals surface area contributed by atoms with Gasteiger partial charge >= 0.3 is 0 Å². The summed E-state index contributed by atoms with van der Waals surface area (Å²) >= 11 is 0. The normalized spacial score (nSPS) is 7.00. The topological polar surface area (TPSA) is 40.5 Å². The molecule has 0 aliphatic heterocycles. The van der Waals surface area contributed by atoms with Crippen LogP contribution in [0.25, 0.3) is 0 Å². The first-order valence-electron chi connectivity index (χ1n) is 2.47. The van der Waals surface area contributed by atoms with Gasteiger partial charge in [-0.1, -0.05) is 0 Å². The van der Waals surface area contributed by atoms with Gasteiger partial charge in [0.05, 0.1) is 0 Å². The van der Waals surface area contributed by atoms with Crippen LogP contribution in [0.2, 0.25) is 0 Å². The molecule has 0 amide bonds. The number of aliphatic hydroxyl groups is 2. The maximum Gasteiger partial charge on any atom is 0.0431 e.